The number of benzene rings is 1. The van der Waals surface area contributed by atoms with E-state index in [0.717, 1.165) is 38.0 Å². The highest BCUT2D eigenvalue weighted by molar-refractivity contribution is 5.92. The first-order valence-electron chi connectivity index (χ1n) is 9.05. The number of para-hydroxylation sites is 1. The van der Waals surface area contributed by atoms with Crippen LogP contribution in [-0.2, 0) is 0 Å². The molecule has 0 bridgehead atoms. The fourth-order valence-electron chi connectivity index (χ4n) is 3.93. The van der Waals surface area contributed by atoms with Crippen LogP contribution in [0.25, 0.3) is 5.69 Å². The molecule has 0 spiro atoms. The summed E-state index contributed by atoms with van der Waals surface area (Å²) in [5.74, 6) is -0.0127. The van der Waals surface area contributed by atoms with Gasteiger partial charge in [0.15, 0.2) is 5.69 Å². The Labute approximate surface area is 147 Å². The van der Waals surface area contributed by atoms with Crippen molar-refractivity contribution in [3.63, 3.8) is 0 Å². The first-order chi connectivity index (χ1) is 12.2. The summed E-state index contributed by atoms with van der Waals surface area (Å²) in [5.41, 5.74) is 1.43. The van der Waals surface area contributed by atoms with Crippen molar-refractivity contribution < 1.29 is 9.90 Å². The van der Waals surface area contributed by atoms with Crippen molar-refractivity contribution in [3.8, 4) is 5.69 Å². The molecule has 0 radical (unpaired) electrons. The van der Waals surface area contributed by atoms with Gasteiger partial charge < -0.3 is 10.0 Å². The lowest BCUT2D eigenvalue weighted by Gasteiger charge is -2.38. The van der Waals surface area contributed by atoms with Gasteiger partial charge in [0.2, 0.25) is 0 Å². The number of amides is 1. The van der Waals surface area contributed by atoms with E-state index < -0.39 is 0 Å². The highest BCUT2D eigenvalue weighted by atomic mass is 16.3. The summed E-state index contributed by atoms with van der Waals surface area (Å²) in [5, 5.41) is 14.5. The molecule has 1 aliphatic carbocycles. The molecule has 2 atom stereocenters. The molecule has 1 amide bonds. The van der Waals surface area contributed by atoms with Gasteiger partial charge in [-0.2, -0.15) is 5.10 Å². The van der Waals surface area contributed by atoms with E-state index in [1.54, 1.807) is 10.7 Å². The van der Waals surface area contributed by atoms with Crippen molar-refractivity contribution >= 4 is 5.91 Å². The number of rotatable bonds is 3. The second-order valence-electron chi connectivity index (χ2n) is 6.87. The molecule has 2 heterocycles. The highest BCUT2D eigenvalue weighted by Crippen LogP contribution is 2.25. The molecule has 1 saturated carbocycles. The van der Waals surface area contributed by atoms with Gasteiger partial charge in [0.1, 0.15) is 0 Å². The molecule has 2 fully saturated rings. The predicted molar refractivity (Wildman–Crippen MR) is 94.7 cm³/mol. The largest absolute Gasteiger partial charge is 0.391 e. The average Bonchev–Trinajstić information content (AvgIpc) is 3.31. The van der Waals surface area contributed by atoms with Gasteiger partial charge in [-0.25, -0.2) is 4.68 Å². The molecule has 2 aliphatic rings. The minimum absolute atomic E-state index is 0.0127. The molecule has 2 aromatic rings. The molecule has 1 aliphatic heterocycles. The molecule has 6 nitrogen and oxygen atoms in total. The Morgan fingerprint density at radius 3 is 2.48 bits per heavy atom. The van der Waals surface area contributed by atoms with Crippen LogP contribution >= 0.6 is 0 Å². The molecular weight excluding hydrogens is 316 g/mol. The van der Waals surface area contributed by atoms with Gasteiger partial charge in [-0.05, 0) is 37.5 Å². The number of carbonyl (C=O) groups excluding carboxylic acids is 1. The minimum atomic E-state index is -0.205. The summed E-state index contributed by atoms with van der Waals surface area (Å²) in [6, 6.07) is 11.8. The van der Waals surface area contributed by atoms with Crippen molar-refractivity contribution in [2.75, 3.05) is 26.2 Å². The van der Waals surface area contributed by atoms with Crippen molar-refractivity contribution in [2.45, 2.75) is 31.4 Å². The standard InChI is InChI=1S/C19H24N4O2/c24-18-8-4-7-17(18)21-11-13-22(14-12-21)19(25)16-9-10-23(20-16)15-5-2-1-3-6-15/h1-3,5-6,9-10,17-18,24H,4,7-8,11-14H2/t17-,18+/m0/s1. The van der Waals surface area contributed by atoms with Gasteiger partial charge in [0.25, 0.3) is 5.91 Å². The highest BCUT2D eigenvalue weighted by Gasteiger charge is 2.33. The van der Waals surface area contributed by atoms with Gasteiger partial charge >= 0.3 is 0 Å². The molecular formula is C19H24N4O2. The second-order valence-corrected chi connectivity index (χ2v) is 6.87. The Bertz CT molecular complexity index is 722. The quantitative estimate of drug-likeness (QED) is 0.921. The van der Waals surface area contributed by atoms with Gasteiger partial charge in [0.05, 0.1) is 11.8 Å². The lowest BCUT2D eigenvalue weighted by atomic mass is 10.1. The monoisotopic (exact) mass is 340 g/mol. The average molecular weight is 340 g/mol. The second kappa shape index (κ2) is 6.98. The Balaban J connectivity index is 1.39. The Morgan fingerprint density at radius 2 is 1.80 bits per heavy atom. The number of nitrogens with zero attached hydrogens (tertiary/aromatic N) is 4. The number of aromatic nitrogens is 2. The van der Waals surface area contributed by atoms with Crippen LogP contribution in [0, 0.1) is 0 Å². The van der Waals surface area contributed by atoms with E-state index in [-0.39, 0.29) is 18.1 Å². The molecule has 4 rings (SSSR count). The van der Waals surface area contributed by atoms with Crippen LogP contribution in [0.15, 0.2) is 42.6 Å². The van der Waals surface area contributed by atoms with Crippen molar-refractivity contribution in [1.29, 1.82) is 0 Å². The fourth-order valence-corrected chi connectivity index (χ4v) is 3.93. The van der Waals surface area contributed by atoms with Gasteiger partial charge in [0, 0.05) is 38.4 Å². The van der Waals surface area contributed by atoms with Crippen LogP contribution < -0.4 is 0 Å². The third-order valence-electron chi connectivity index (χ3n) is 5.34. The van der Waals surface area contributed by atoms with Crippen molar-refractivity contribution in [3.05, 3.63) is 48.3 Å². The maximum atomic E-state index is 12.7. The number of aliphatic hydroxyl groups is 1. The Morgan fingerprint density at radius 1 is 1.04 bits per heavy atom. The first kappa shape index (κ1) is 16.3. The van der Waals surface area contributed by atoms with Crippen LogP contribution in [0.5, 0.6) is 0 Å². The lowest BCUT2D eigenvalue weighted by molar-refractivity contribution is 0.0313. The first-order valence-corrected chi connectivity index (χ1v) is 9.05. The molecule has 25 heavy (non-hydrogen) atoms. The van der Waals surface area contributed by atoms with E-state index in [2.05, 4.69) is 10.00 Å². The summed E-state index contributed by atoms with van der Waals surface area (Å²) in [4.78, 5) is 16.9. The van der Waals surface area contributed by atoms with E-state index in [1.165, 1.54) is 0 Å². The number of carbonyl (C=O) groups is 1. The topological polar surface area (TPSA) is 61.6 Å². The Hall–Kier alpha value is -2.18. The number of hydrogen-bond acceptors (Lipinski definition) is 4. The van der Waals surface area contributed by atoms with Crippen LogP contribution in [0.2, 0.25) is 0 Å². The van der Waals surface area contributed by atoms with Crippen LogP contribution in [0.1, 0.15) is 29.8 Å². The van der Waals surface area contributed by atoms with E-state index in [4.69, 9.17) is 0 Å². The molecule has 1 saturated heterocycles. The summed E-state index contributed by atoms with van der Waals surface area (Å²) in [6.45, 7) is 3.04. The van der Waals surface area contributed by atoms with Gasteiger partial charge in [-0.15, -0.1) is 0 Å². The van der Waals surface area contributed by atoms with E-state index in [9.17, 15) is 9.90 Å². The third-order valence-corrected chi connectivity index (χ3v) is 5.34. The SMILES string of the molecule is O=C(c1ccn(-c2ccccc2)n1)N1CCN([C@H]2CCC[C@H]2O)CC1. The molecule has 1 N–H and O–H groups in total. The molecule has 1 aromatic heterocycles. The molecule has 0 unspecified atom stereocenters. The van der Waals surface area contributed by atoms with Crippen LogP contribution in [0.4, 0.5) is 0 Å². The normalized spacial score (nSPS) is 24.6. The fraction of sp³-hybridized carbons (Fsp3) is 0.474. The maximum absolute atomic E-state index is 12.7. The zero-order valence-electron chi connectivity index (χ0n) is 14.3. The summed E-state index contributed by atoms with van der Waals surface area (Å²) < 4.78 is 1.73. The zero-order valence-corrected chi connectivity index (χ0v) is 14.3. The molecule has 132 valence electrons. The third kappa shape index (κ3) is 3.32. The summed E-state index contributed by atoms with van der Waals surface area (Å²) in [7, 11) is 0. The van der Waals surface area contributed by atoms with Crippen LogP contribution in [-0.4, -0.2) is 68.9 Å². The molecule has 1 aromatic carbocycles. The van der Waals surface area contributed by atoms with E-state index in [0.29, 0.717) is 18.8 Å². The smallest absolute Gasteiger partial charge is 0.274 e. The van der Waals surface area contributed by atoms with E-state index in [1.807, 2.05) is 41.4 Å². The number of piperazine rings is 1. The Kier molecular flexibility index (Phi) is 4.55. The lowest BCUT2D eigenvalue weighted by Crippen LogP contribution is -2.53. The van der Waals surface area contributed by atoms with Gasteiger partial charge in [-0.1, -0.05) is 18.2 Å². The predicted octanol–water partition coefficient (Wildman–Crippen LogP) is 1.54. The maximum Gasteiger partial charge on any atom is 0.274 e. The number of aliphatic hydroxyl groups excluding tert-OH is 1. The number of hydrogen-bond donors (Lipinski definition) is 1. The minimum Gasteiger partial charge on any atom is -0.391 e. The van der Waals surface area contributed by atoms with Crippen molar-refractivity contribution in [1.82, 2.24) is 19.6 Å². The van der Waals surface area contributed by atoms with E-state index >= 15 is 0 Å². The summed E-state index contributed by atoms with van der Waals surface area (Å²) >= 11 is 0. The summed E-state index contributed by atoms with van der Waals surface area (Å²) in [6.07, 6.45) is 4.69. The zero-order chi connectivity index (χ0) is 17.2. The van der Waals surface area contributed by atoms with Crippen molar-refractivity contribution in [2.24, 2.45) is 0 Å². The molecule has 6 heteroatoms. The van der Waals surface area contributed by atoms with Crippen LogP contribution in [0.3, 0.4) is 0 Å². The van der Waals surface area contributed by atoms with Gasteiger partial charge in [-0.3, -0.25) is 9.69 Å².